The van der Waals surface area contributed by atoms with Crippen LogP contribution in [0.2, 0.25) is 5.02 Å². The highest BCUT2D eigenvalue weighted by Gasteiger charge is 2.45. The smallest absolute Gasteiger partial charge is 0.295 e. The molecule has 7 heteroatoms. The summed E-state index contributed by atoms with van der Waals surface area (Å²) in [5, 5.41) is 11.5. The van der Waals surface area contributed by atoms with E-state index in [0.717, 1.165) is 19.3 Å². The van der Waals surface area contributed by atoms with Crippen molar-refractivity contribution in [1.82, 2.24) is 4.90 Å². The maximum Gasteiger partial charge on any atom is 0.295 e. The number of halogens is 1. The highest BCUT2D eigenvalue weighted by Crippen LogP contribution is 2.41. The molecular weight excluding hydrogens is 430 g/mol. The van der Waals surface area contributed by atoms with E-state index in [9.17, 15) is 14.7 Å². The van der Waals surface area contributed by atoms with Crippen LogP contribution in [0.15, 0.2) is 48.0 Å². The first-order chi connectivity index (χ1) is 15.4. The van der Waals surface area contributed by atoms with Crippen LogP contribution >= 0.6 is 11.6 Å². The molecule has 0 aliphatic carbocycles. The number of ketones is 1. The van der Waals surface area contributed by atoms with Gasteiger partial charge >= 0.3 is 0 Å². The number of likely N-dealkylation sites (tertiary alicyclic amines) is 1. The lowest BCUT2D eigenvalue weighted by atomic mass is 9.95. The molecule has 1 amide bonds. The molecule has 6 nitrogen and oxygen atoms in total. The maximum atomic E-state index is 13.1. The second-order valence-corrected chi connectivity index (χ2v) is 7.96. The Hall–Kier alpha value is -2.99. The zero-order valence-corrected chi connectivity index (χ0v) is 19.3. The number of methoxy groups -OCH3 is 1. The fraction of sp³-hybridized carbons (Fsp3) is 0.360. The molecule has 0 saturated carbocycles. The van der Waals surface area contributed by atoms with E-state index >= 15 is 0 Å². The second-order valence-electron chi connectivity index (χ2n) is 7.55. The third-order valence-electron chi connectivity index (χ3n) is 5.45. The summed E-state index contributed by atoms with van der Waals surface area (Å²) >= 11 is 6.11. The van der Waals surface area contributed by atoms with Gasteiger partial charge in [0.2, 0.25) is 0 Å². The number of rotatable bonds is 9. The van der Waals surface area contributed by atoms with Crippen LogP contribution in [0, 0.1) is 0 Å². The SMILES string of the molecule is CCCCCN1C(=O)C(=O)/C(=C(\O)c2ccc(Cl)c(OC)c2)C1c1cccc(OCC)c1. The molecule has 1 unspecified atom stereocenters. The van der Waals surface area contributed by atoms with E-state index in [2.05, 4.69) is 6.92 Å². The molecule has 1 heterocycles. The second kappa shape index (κ2) is 10.6. The van der Waals surface area contributed by atoms with Crippen molar-refractivity contribution in [3.05, 3.63) is 64.2 Å². The molecule has 0 spiro atoms. The number of hydrogen-bond acceptors (Lipinski definition) is 5. The van der Waals surface area contributed by atoms with E-state index in [1.807, 2.05) is 31.2 Å². The molecule has 1 fully saturated rings. The van der Waals surface area contributed by atoms with Crippen LogP contribution in [0.1, 0.15) is 50.3 Å². The van der Waals surface area contributed by atoms with E-state index < -0.39 is 17.7 Å². The van der Waals surface area contributed by atoms with Crippen molar-refractivity contribution in [2.75, 3.05) is 20.3 Å². The fourth-order valence-corrected chi connectivity index (χ4v) is 4.09. The Bertz CT molecular complexity index is 1030. The van der Waals surface area contributed by atoms with Gasteiger partial charge in [0.15, 0.2) is 0 Å². The number of aliphatic hydroxyl groups excluding tert-OH is 1. The van der Waals surface area contributed by atoms with Gasteiger partial charge in [0.1, 0.15) is 17.3 Å². The number of nitrogens with zero attached hydrogens (tertiary/aromatic N) is 1. The van der Waals surface area contributed by atoms with E-state index in [1.165, 1.54) is 7.11 Å². The average molecular weight is 458 g/mol. The number of carbonyl (C=O) groups is 2. The maximum absolute atomic E-state index is 13.1. The minimum atomic E-state index is -0.714. The van der Waals surface area contributed by atoms with Crippen molar-refractivity contribution < 1.29 is 24.2 Å². The molecule has 1 saturated heterocycles. The largest absolute Gasteiger partial charge is 0.507 e. The molecule has 1 atom stereocenters. The van der Waals surface area contributed by atoms with Gasteiger partial charge < -0.3 is 19.5 Å². The number of benzene rings is 2. The first-order valence-electron chi connectivity index (χ1n) is 10.8. The Morgan fingerprint density at radius 1 is 1.12 bits per heavy atom. The lowest BCUT2D eigenvalue weighted by Gasteiger charge is -2.25. The summed E-state index contributed by atoms with van der Waals surface area (Å²) in [5.74, 6) is -0.585. The Morgan fingerprint density at radius 2 is 1.91 bits per heavy atom. The molecule has 0 radical (unpaired) electrons. The number of carbonyl (C=O) groups excluding carboxylic acids is 2. The van der Waals surface area contributed by atoms with Gasteiger partial charge in [0, 0.05) is 12.1 Å². The molecule has 0 aromatic heterocycles. The molecule has 2 aromatic rings. The van der Waals surface area contributed by atoms with Crippen molar-refractivity contribution >= 4 is 29.1 Å². The molecule has 0 bridgehead atoms. The summed E-state index contributed by atoms with van der Waals surface area (Å²) in [6.45, 7) is 4.87. The third-order valence-corrected chi connectivity index (χ3v) is 5.76. The van der Waals surface area contributed by atoms with Crippen LogP contribution in [0.25, 0.3) is 5.76 Å². The molecule has 32 heavy (non-hydrogen) atoms. The third kappa shape index (κ3) is 4.75. The minimum Gasteiger partial charge on any atom is -0.507 e. The normalized spacial score (nSPS) is 17.6. The number of hydrogen-bond donors (Lipinski definition) is 1. The van der Waals surface area contributed by atoms with Crippen LogP contribution in [-0.2, 0) is 9.59 Å². The van der Waals surface area contributed by atoms with Crippen molar-refractivity contribution in [2.24, 2.45) is 0 Å². The molecular formula is C25H28ClNO5. The minimum absolute atomic E-state index is 0.0459. The predicted molar refractivity (Wildman–Crippen MR) is 124 cm³/mol. The van der Waals surface area contributed by atoms with Crippen molar-refractivity contribution in [1.29, 1.82) is 0 Å². The monoisotopic (exact) mass is 457 g/mol. The van der Waals surface area contributed by atoms with Crippen LogP contribution < -0.4 is 9.47 Å². The van der Waals surface area contributed by atoms with Crippen LogP contribution in [0.4, 0.5) is 0 Å². The van der Waals surface area contributed by atoms with Crippen molar-refractivity contribution in [2.45, 2.75) is 39.2 Å². The van der Waals surface area contributed by atoms with E-state index in [4.69, 9.17) is 21.1 Å². The van der Waals surface area contributed by atoms with Crippen LogP contribution in [0.3, 0.4) is 0 Å². The van der Waals surface area contributed by atoms with Gasteiger partial charge in [0.05, 0.1) is 30.4 Å². The Morgan fingerprint density at radius 3 is 2.59 bits per heavy atom. The van der Waals surface area contributed by atoms with Crippen LogP contribution in [0.5, 0.6) is 11.5 Å². The molecule has 1 aliphatic rings. The number of unbranched alkanes of at least 4 members (excludes halogenated alkanes) is 2. The fourth-order valence-electron chi connectivity index (χ4n) is 3.89. The lowest BCUT2D eigenvalue weighted by molar-refractivity contribution is -0.139. The molecule has 3 rings (SSSR count). The van der Waals surface area contributed by atoms with Gasteiger partial charge in [-0.15, -0.1) is 0 Å². The number of ether oxygens (including phenoxy) is 2. The Labute approximate surface area is 193 Å². The summed E-state index contributed by atoms with van der Waals surface area (Å²) in [6, 6.07) is 11.3. The lowest BCUT2D eigenvalue weighted by Crippen LogP contribution is -2.30. The number of amides is 1. The highest BCUT2D eigenvalue weighted by molar-refractivity contribution is 6.46. The Balaban J connectivity index is 2.15. The quantitative estimate of drug-likeness (QED) is 0.237. The van der Waals surface area contributed by atoms with Gasteiger partial charge in [-0.25, -0.2) is 0 Å². The van der Waals surface area contributed by atoms with Gasteiger partial charge in [-0.2, -0.15) is 0 Å². The average Bonchev–Trinajstić information content (AvgIpc) is 3.04. The molecule has 170 valence electrons. The summed E-state index contributed by atoms with van der Waals surface area (Å²) in [4.78, 5) is 27.6. The highest BCUT2D eigenvalue weighted by atomic mass is 35.5. The van der Waals surface area contributed by atoms with E-state index in [1.54, 1.807) is 23.1 Å². The van der Waals surface area contributed by atoms with Crippen molar-refractivity contribution in [3.8, 4) is 11.5 Å². The molecule has 2 aromatic carbocycles. The number of Topliss-reactive ketones (excluding diaryl/α,β-unsaturated/α-hetero) is 1. The topological polar surface area (TPSA) is 76.1 Å². The van der Waals surface area contributed by atoms with Gasteiger partial charge in [-0.3, -0.25) is 9.59 Å². The molecule has 1 aliphatic heterocycles. The van der Waals surface area contributed by atoms with E-state index in [0.29, 0.717) is 40.8 Å². The Kier molecular flexibility index (Phi) is 7.80. The zero-order valence-electron chi connectivity index (χ0n) is 18.6. The summed E-state index contributed by atoms with van der Waals surface area (Å²) in [7, 11) is 1.47. The van der Waals surface area contributed by atoms with E-state index in [-0.39, 0.29) is 11.3 Å². The predicted octanol–water partition coefficient (Wildman–Crippen LogP) is 5.36. The first kappa shape index (κ1) is 23.7. The standard InChI is InChI=1S/C25H28ClNO5/c1-4-6-7-13-27-22(16-9-8-10-18(14-16)32-5-2)21(24(29)25(27)30)23(28)17-11-12-19(26)20(15-17)31-3/h8-12,14-15,22,28H,4-7,13H2,1-3H3/b23-21-. The van der Waals surface area contributed by atoms with Crippen molar-refractivity contribution in [3.63, 3.8) is 0 Å². The summed E-state index contributed by atoms with van der Waals surface area (Å²) < 4.78 is 10.9. The molecule has 1 N–H and O–H groups in total. The van der Waals surface area contributed by atoms with Gasteiger partial charge in [-0.1, -0.05) is 43.5 Å². The summed E-state index contributed by atoms with van der Waals surface area (Å²) in [5.41, 5.74) is 1.10. The van der Waals surface area contributed by atoms with Gasteiger partial charge in [-0.05, 0) is 49.2 Å². The number of aliphatic hydroxyl groups is 1. The summed E-state index contributed by atoms with van der Waals surface area (Å²) in [6.07, 6.45) is 2.68. The van der Waals surface area contributed by atoms with Crippen LogP contribution in [-0.4, -0.2) is 42.0 Å². The zero-order chi connectivity index (χ0) is 23.3. The van der Waals surface area contributed by atoms with Gasteiger partial charge in [0.25, 0.3) is 11.7 Å². The first-order valence-corrected chi connectivity index (χ1v) is 11.2.